The highest BCUT2D eigenvalue weighted by Crippen LogP contribution is 2.55. The molecule has 0 radical (unpaired) electrons. The molecule has 2 saturated carbocycles. The molecule has 14 heavy (non-hydrogen) atoms. The van der Waals surface area contributed by atoms with Gasteiger partial charge in [0.2, 0.25) is 5.91 Å². The van der Waals surface area contributed by atoms with Crippen molar-refractivity contribution in [1.82, 2.24) is 10.6 Å². The second-order valence-corrected chi connectivity index (χ2v) is 5.00. The van der Waals surface area contributed by atoms with Crippen LogP contribution in [0.2, 0.25) is 0 Å². The van der Waals surface area contributed by atoms with Crippen LogP contribution in [0.1, 0.15) is 25.7 Å². The van der Waals surface area contributed by atoms with Crippen LogP contribution in [-0.4, -0.2) is 25.0 Å². The number of carbonyl (C=O) groups excluding carboxylic acids is 1. The monoisotopic (exact) mass is 194 g/mol. The Kier molecular flexibility index (Phi) is 2.01. The summed E-state index contributed by atoms with van der Waals surface area (Å²) in [7, 11) is 0. The van der Waals surface area contributed by atoms with Gasteiger partial charge in [-0.15, -0.1) is 0 Å². The van der Waals surface area contributed by atoms with Crippen molar-refractivity contribution in [1.29, 1.82) is 0 Å². The third-order valence-corrected chi connectivity index (χ3v) is 4.09. The highest BCUT2D eigenvalue weighted by molar-refractivity contribution is 5.82. The van der Waals surface area contributed by atoms with Crippen molar-refractivity contribution < 1.29 is 4.79 Å². The minimum absolute atomic E-state index is 0.341. The summed E-state index contributed by atoms with van der Waals surface area (Å²) < 4.78 is 0. The number of rotatable bonds is 2. The lowest BCUT2D eigenvalue weighted by Gasteiger charge is -2.28. The van der Waals surface area contributed by atoms with Gasteiger partial charge in [-0.05, 0) is 24.7 Å². The van der Waals surface area contributed by atoms with Crippen molar-refractivity contribution in [2.45, 2.75) is 31.7 Å². The lowest BCUT2D eigenvalue weighted by atomic mass is 10.0. The van der Waals surface area contributed by atoms with E-state index in [0.29, 0.717) is 17.9 Å². The van der Waals surface area contributed by atoms with Crippen LogP contribution in [0, 0.1) is 17.8 Å². The van der Waals surface area contributed by atoms with E-state index in [4.69, 9.17) is 0 Å². The van der Waals surface area contributed by atoms with E-state index in [-0.39, 0.29) is 0 Å². The molecule has 3 heteroatoms. The Morgan fingerprint density at radius 2 is 1.79 bits per heavy atom. The molecule has 3 nitrogen and oxygen atoms in total. The van der Waals surface area contributed by atoms with Gasteiger partial charge < -0.3 is 10.6 Å². The first kappa shape index (κ1) is 8.72. The van der Waals surface area contributed by atoms with Gasteiger partial charge in [0.25, 0.3) is 0 Å². The Labute approximate surface area is 84.6 Å². The quantitative estimate of drug-likeness (QED) is 0.672. The number of nitrogens with one attached hydrogen (secondary N) is 2. The highest BCUT2D eigenvalue weighted by Gasteiger charge is 2.54. The van der Waals surface area contributed by atoms with E-state index in [1.165, 1.54) is 25.7 Å². The normalized spacial score (nSPS) is 41.0. The van der Waals surface area contributed by atoms with Crippen molar-refractivity contribution in [2.75, 3.05) is 13.1 Å². The molecule has 3 rings (SSSR count). The molecule has 1 amide bonds. The first-order valence-corrected chi connectivity index (χ1v) is 5.87. The van der Waals surface area contributed by atoms with Gasteiger partial charge in [-0.2, -0.15) is 0 Å². The molecule has 1 heterocycles. The Morgan fingerprint density at radius 3 is 2.29 bits per heavy atom. The molecule has 2 aliphatic carbocycles. The molecule has 0 aromatic heterocycles. The van der Waals surface area contributed by atoms with Gasteiger partial charge in [-0.3, -0.25) is 4.79 Å². The number of amides is 1. The summed E-state index contributed by atoms with van der Waals surface area (Å²) in [6.45, 7) is 1.93. The van der Waals surface area contributed by atoms with Gasteiger partial charge in [0.1, 0.15) is 0 Å². The predicted molar refractivity (Wildman–Crippen MR) is 53.7 cm³/mol. The fourth-order valence-corrected chi connectivity index (χ4v) is 3.07. The summed E-state index contributed by atoms with van der Waals surface area (Å²) in [5, 5.41) is 6.31. The zero-order chi connectivity index (χ0) is 9.54. The summed E-state index contributed by atoms with van der Waals surface area (Å²) in [5.74, 6) is 2.22. The first-order chi connectivity index (χ1) is 6.86. The van der Waals surface area contributed by atoms with E-state index in [9.17, 15) is 4.79 Å². The van der Waals surface area contributed by atoms with E-state index >= 15 is 0 Å². The largest absolute Gasteiger partial charge is 0.351 e. The smallest absolute Gasteiger partial charge is 0.223 e. The maximum atomic E-state index is 11.8. The molecule has 2 N–H and O–H groups in total. The second kappa shape index (κ2) is 3.23. The van der Waals surface area contributed by atoms with Crippen LogP contribution in [0.5, 0.6) is 0 Å². The van der Waals surface area contributed by atoms with Gasteiger partial charge in [0.05, 0.1) is 6.04 Å². The van der Waals surface area contributed by atoms with Gasteiger partial charge in [-0.1, -0.05) is 12.8 Å². The van der Waals surface area contributed by atoms with Gasteiger partial charge >= 0.3 is 0 Å². The summed E-state index contributed by atoms with van der Waals surface area (Å²) in [5.41, 5.74) is 0. The van der Waals surface area contributed by atoms with Crippen LogP contribution in [-0.2, 0) is 4.79 Å². The van der Waals surface area contributed by atoms with Crippen LogP contribution in [0.25, 0.3) is 0 Å². The Bertz CT molecular complexity index is 238. The van der Waals surface area contributed by atoms with E-state index in [2.05, 4.69) is 10.6 Å². The van der Waals surface area contributed by atoms with Gasteiger partial charge in [0.15, 0.2) is 0 Å². The van der Waals surface area contributed by atoms with Crippen molar-refractivity contribution in [2.24, 2.45) is 17.8 Å². The van der Waals surface area contributed by atoms with Crippen LogP contribution in [0.3, 0.4) is 0 Å². The molecule has 0 bridgehead atoms. The Hall–Kier alpha value is -0.570. The average molecular weight is 194 g/mol. The lowest BCUT2D eigenvalue weighted by molar-refractivity contribution is -0.123. The Balaban J connectivity index is 1.53. The molecule has 3 fully saturated rings. The minimum atomic E-state index is 0.341. The summed E-state index contributed by atoms with van der Waals surface area (Å²) in [6, 6.07) is 0.421. The van der Waals surface area contributed by atoms with Gasteiger partial charge in [-0.25, -0.2) is 0 Å². The van der Waals surface area contributed by atoms with Crippen molar-refractivity contribution >= 4 is 5.91 Å². The Morgan fingerprint density at radius 1 is 1.14 bits per heavy atom. The maximum absolute atomic E-state index is 11.8. The molecule has 0 aromatic rings. The summed E-state index contributed by atoms with van der Waals surface area (Å²) in [4.78, 5) is 11.8. The van der Waals surface area contributed by atoms with Crippen molar-refractivity contribution in [3.8, 4) is 0 Å². The molecule has 0 spiro atoms. The third kappa shape index (κ3) is 1.34. The van der Waals surface area contributed by atoms with E-state index in [1.807, 2.05) is 0 Å². The average Bonchev–Trinajstić information content (AvgIpc) is 2.85. The second-order valence-electron chi connectivity index (χ2n) is 5.00. The molecule has 78 valence electrons. The lowest BCUT2D eigenvalue weighted by Crippen LogP contribution is -2.57. The predicted octanol–water partition coefficient (Wildman–Crippen LogP) is 0.511. The summed E-state index contributed by atoms with van der Waals surface area (Å²) in [6.07, 6.45) is 5.28. The van der Waals surface area contributed by atoms with E-state index in [0.717, 1.165) is 24.9 Å². The van der Waals surface area contributed by atoms with Crippen LogP contribution in [0.4, 0.5) is 0 Å². The minimum Gasteiger partial charge on any atom is -0.351 e. The van der Waals surface area contributed by atoms with E-state index < -0.39 is 0 Å². The number of carbonyl (C=O) groups is 1. The fourth-order valence-electron chi connectivity index (χ4n) is 3.07. The van der Waals surface area contributed by atoms with Crippen molar-refractivity contribution in [3.63, 3.8) is 0 Å². The topological polar surface area (TPSA) is 41.1 Å². The fraction of sp³-hybridized carbons (Fsp3) is 0.909. The summed E-state index contributed by atoms with van der Waals surface area (Å²) >= 11 is 0. The van der Waals surface area contributed by atoms with Gasteiger partial charge in [0, 0.05) is 19.0 Å². The molecule has 1 aliphatic heterocycles. The standard InChI is InChI=1S/C11H18N2O/c14-11(13-7-5-12-6-7)10-8-3-1-2-4-9(8)10/h7-10,12H,1-6H2,(H,13,14). The highest BCUT2D eigenvalue weighted by atomic mass is 16.2. The molecule has 2 unspecified atom stereocenters. The molecular weight excluding hydrogens is 176 g/mol. The van der Waals surface area contributed by atoms with Crippen LogP contribution in [0.15, 0.2) is 0 Å². The number of fused-ring (bicyclic) bond motifs is 1. The molecule has 3 aliphatic rings. The van der Waals surface area contributed by atoms with Crippen LogP contribution < -0.4 is 10.6 Å². The maximum Gasteiger partial charge on any atom is 0.223 e. The molecule has 1 saturated heterocycles. The molecule has 2 atom stereocenters. The number of hydrogen-bond acceptors (Lipinski definition) is 2. The van der Waals surface area contributed by atoms with Crippen LogP contribution >= 0.6 is 0 Å². The third-order valence-electron chi connectivity index (χ3n) is 4.09. The number of hydrogen-bond donors (Lipinski definition) is 2. The zero-order valence-corrected chi connectivity index (χ0v) is 8.46. The molecule has 0 aromatic carbocycles. The zero-order valence-electron chi connectivity index (χ0n) is 8.46. The van der Waals surface area contributed by atoms with Crippen molar-refractivity contribution in [3.05, 3.63) is 0 Å². The first-order valence-electron chi connectivity index (χ1n) is 5.87. The SMILES string of the molecule is O=C(NC1CNC1)C1C2CCCCC21. The van der Waals surface area contributed by atoms with E-state index in [1.54, 1.807) is 0 Å². The molecular formula is C11H18N2O.